The minimum Gasteiger partial charge on any atom is -0.325 e. The Labute approximate surface area is 184 Å². The van der Waals surface area contributed by atoms with Gasteiger partial charge in [-0.05, 0) is 30.5 Å². The van der Waals surface area contributed by atoms with Crippen LogP contribution in [0.3, 0.4) is 0 Å². The van der Waals surface area contributed by atoms with Gasteiger partial charge < -0.3 is 5.32 Å². The van der Waals surface area contributed by atoms with E-state index in [9.17, 15) is 4.79 Å². The summed E-state index contributed by atoms with van der Waals surface area (Å²) in [4.78, 5) is 17.1. The lowest BCUT2D eigenvalue weighted by atomic mass is 10.0. The molecule has 0 spiro atoms. The maximum Gasteiger partial charge on any atom is 0.234 e. The van der Waals surface area contributed by atoms with Crippen LogP contribution in [0.25, 0.3) is 21.5 Å². The third-order valence-electron chi connectivity index (χ3n) is 4.64. The topological polar surface area (TPSA) is 67.8 Å². The molecule has 0 unspecified atom stereocenters. The zero-order valence-corrected chi connectivity index (χ0v) is 18.7. The Hall–Kier alpha value is -2.77. The van der Waals surface area contributed by atoms with Crippen LogP contribution in [0.15, 0.2) is 59.6 Å². The zero-order chi connectivity index (χ0) is 21.1. The van der Waals surface area contributed by atoms with Crippen molar-refractivity contribution >= 4 is 44.9 Å². The molecular formula is C23H22N4OS2. The number of fused-ring (bicyclic) bond motifs is 1. The highest BCUT2D eigenvalue weighted by Gasteiger charge is 2.16. The summed E-state index contributed by atoms with van der Waals surface area (Å²) >= 11 is 2.96. The number of thioether (sulfide) groups is 1. The number of nitrogens with zero attached hydrogens (tertiary/aromatic N) is 3. The average molecular weight is 435 g/mol. The van der Waals surface area contributed by atoms with Gasteiger partial charge in [-0.3, -0.25) is 4.79 Å². The number of aromatic nitrogens is 3. The smallest absolute Gasteiger partial charge is 0.234 e. The van der Waals surface area contributed by atoms with Gasteiger partial charge >= 0.3 is 0 Å². The Morgan fingerprint density at radius 1 is 1.07 bits per heavy atom. The largest absolute Gasteiger partial charge is 0.325 e. The first-order chi connectivity index (χ1) is 14.5. The minimum absolute atomic E-state index is 0.0775. The molecule has 4 aromatic rings. The molecule has 0 bridgehead atoms. The van der Waals surface area contributed by atoms with Crippen molar-refractivity contribution in [3.05, 3.63) is 65.2 Å². The minimum atomic E-state index is -0.0775. The molecule has 0 fully saturated rings. The molecule has 152 valence electrons. The van der Waals surface area contributed by atoms with E-state index in [1.807, 2.05) is 61.5 Å². The van der Waals surface area contributed by atoms with Crippen LogP contribution in [0.4, 0.5) is 5.69 Å². The molecule has 4 rings (SSSR count). The van der Waals surface area contributed by atoms with Crippen molar-refractivity contribution in [1.29, 1.82) is 0 Å². The normalized spacial score (nSPS) is 11.2. The Bertz CT molecular complexity index is 1170. The summed E-state index contributed by atoms with van der Waals surface area (Å²) in [6, 6.07) is 17.9. The highest BCUT2D eigenvalue weighted by molar-refractivity contribution is 8.00. The molecule has 2 aromatic heterocycles. The first-order valence-electron chi connectivity index (χ1n) is 9.73. The second kappa shape index (κ2) is 8.93. The van der Waals surface area contributed by atoms with Crippen molar-refractivity contribution in [3.63, 3.8) is 0 Å². The highest BCUT2D eigenvalue weighted by Crippen LogP contribution is 2.35. The Kier molecular flexibility index (Phi) is 6.11. The number of carbonyl (C=O) groups excluding carboxylic acids is 1. The molecule has 2 heterocycles. The first-order valence-corrected chi connectivity index (χ1v) is 11.5. The number of amides is 1. The van der Waals surface area contributed by atoms with E-state index >= 15 is 0 Å². The first kappa shape index (κ1) is 20.5. The molecule has 2 aromatic carbocycles. The van der Waals surface area contributed by atoms with E-state index in [1.54, 1.807) is 11.3 Å². The third kappa shape index (κ3) is 4.52. The maximum atomic E-state index is 12.4. The van der Waals surface area contributed by atoms with Crippen LogP contribution in [-0.2, 0) is 4.79 Å². The molecule has 1 amide bonds. The number of benzene rings is 2. The SMILES string of the molecule is Cc1nc2c(SCC(=O)Nc3ccc(C(C)C)cc3)nnc(-c3ccccc3)c2s1. The Morgan fingerprint density at radius 2 is 1.80 bits per heavy atom. The second-order valence-electron chi connectivity index (χ2n) is 7.24. The van der Waals surface area contributed by atoms with Crippen molar-refractivity contribution < 1.29 is 4.79 Å². The maximum absolute atomic E-state index is 12.4. The summed E-state index contributed by atoms with van der Waals surface area (Å²) in [6.07, 6.45) is 0. The number of thiazole rings is 1. The fourth-order valence-corrected chi connectivity index (χ4v) is 4.80. The number of carbonyl (C=O) groups is 1. The molecule has 0 aliphatic carbocycles. The number of hydrogen-bond acceptors (Lipinski definition) is 6. The lowest BCUT2D eigenvalue weighted by Gasteiger charge is -2.08. The zero-order valence-electron chi connectivity index (χ0n) is 17.0. The standard InChI is InChI=1S/C23H22N4OS2/c1-14(2)16-9-11-18(12-10-16)25-19(28)13-29-23-21-22(30-15(3)24-21)20(26-27-23)17-7-5-4-6-8-17/h4-12,14H,13H2,1-3H3,(H,25,28). The molecule has 0 aliphatic heterocycles. The molecule has 0 saturated carbocycles. The molecule has 0 radical (unpaired) electrons. The van der Waals surface area contributed by atoms with Gasteiger partial charge in [-0.15, -0.1) is 21.5 Å². The number of hydrogen-bond donors (Lipinski definition) is 1. The monoisotopic (exact) mass is 434 g/mol. The summed E-state index contributed by atoms with van der Waals surface area (Å²) in [5.74, 6) is 0.634. The Balaban J connectivity index is 1.49. The summed E-state index contributed by atoms with van der Waals surface area (Å²) in [6.45, 7) is 6.27. The molecule has 1 N–H and O–H groups in total. The van der Waals surface area contributed by atoms with Crippen molar-refractivity contribution in [3.8, 4) is 11.3 Å². The van der Waals surface area contributed by atoms with Gasteiger partial charge in [-0.2, -0.15) is 0 Å². The van der Waals surface area contributed by atoms with Crippen LogP contribution < -0.4 is 5.32 Å². The van der Waals surface area contributed by atoms with Crippen LogP contribution in [0.2, 0.25) is 0 Å². The summed E-state index contributed by atoms with van der Waals surface area (Å²) < 4.78 is 1.00. The molecule has 30 heavy (non-hydrogen) atoms. The highest BCUT2D eigenvalue weighted by atomic mass is 32.2. The summed E-state index contributed by atoms with van der Waals surface area (Å²) in [5, 5.41) is 13.4. The van der Waals surface area contributed by atoms with E-state index in [-0.39, 0.29) is 11.7 Å². The van der Waals surface area contributed by atoms with Gasteiger partial charge in [0.1, 0.15) is 16.2 Å². The molecule has 7 heteroatoms. The lowest BCUT2D eigenvalue weighted by molar-refractivity contribution is -0.113. The van der Waals surface area contributed by atoms with Gasteiger partial charge in [0.2, 0.25) is 5.91 Å². The number of rotatable bonds is 6. The fourth-order valence-electron chi connectivity index (χ4n) is 3.09. The van der Waals surface area contributed by atoms with Gasteiger partial charge in [-0.25, -0.2) is 4.98 Å². The molecule has 5 nitrogen and oxygen atoms in total. The summed E-state index contributed by atoms with van der Waals surface area (Å²) in [7, 11) is 0. The van der Waals surface area contributed by atoms with Gasteiger partial charge in [0, 0.05) is 11.3 Å². The number of anilines is 1. The predicted molar refractivity (Wildman–Crippen MR) is 125 cm³/mol. The van der Waals surface area contributed by atoms with Crippen LogP contribution in [0.1, 0.15) is 30.3 Å². The number of nitrogens with one attached hydrogen (secondary N) is 1. The Morgan fingerprint density at radius 3 is 2.50 bits per heavy atom. The van der Waals surface area contributed by atoms with Gasteiger partial charge in [-0.1, -0.05) is 68.1 Å². The van der Waals surface area contributed by atoms with E-state index in [1.165, 1.54) is 17.3 Å². The van der Waals surface area contributed by atoms with E-state index in [4.69, 9.17) is 0 Å². The predicted octanol–water partition coefficient (Wildman–Crippen LogP) is 5.92. The van der Waals surface area contributed by atoms with Crippen LogP contribution in [-0.4, -0.2) is 26.8 Å². The lowest BCUT2D eigenvalue weighted by Crippen LogP contribution is -2.14. The van der Waals surface area contributed by atoms with Crippen LogP contribution in [0.5, 0.6) is 0 Å². The van der Waals surface area contributed by atoms with Gasteiger partial charge in [0.15, 0.2) is 0 Å². The second-order valence-corrected chi connectivity index (χ2v) is 9.41. The molecule has 0 aliphatic rings. The van der Waals surface area contributed by atoms with Gasteiger partial charge in [0.25, 0.3) is 0 Å². The van der Waals surface area contributed by atoms with Crippen molar-refractivity contribution in [2.24, 2.45) is 0 Å². The van der Waals surface area contributed by atoms with Crippen LogP contribution >= 0.6 is 23.1 Å². The van der Waals surface area contributed by atoms with Crippen molar-refractivity contribution in [1.82, 2.24) is 15.2 Å². The van der Waals surface area contributed by atoms with Crippen molar-refractivity contribution in [2.75, 3.05) is 11.1 Å². The average Bonchev–Trinajstić information content (AvgIpc) is 3.14. The molecule has 0 atom stereocenters. The van der Waals surface area contributed by atoms with E-state index in [2.05, 4.69) is 34.3 Å². The van der Waals surface area contributed by atoms with Crippen LogP contribution in [0, 0.1) is 6.92 Å². The van der Waals surface area contributed by atoms with E-state index in [0.717, 1.165) is 32.2 Å². The molecular weight excluding hydrogens is 412 g/mol. The van der Waals surface area contributed by atoms with Gasteiger partial charge in [0.05, 0.1) is 15.5 Å². The van der Waals surface area contributed by atoms with Crippen molar-refractivity contribution in [2.45, 2.75) is 31.7 Å². The van der Waals surface area contributed by atoms with E-state index < -0.39 is 0 Å². The quantitative estimate of drug-likeness (QED) is 0.382. The van der Waals surface area contributed by atoms with E-state index in [0.29, 0.717) is 10.9 Å². The third-order valence-corrected chi connectivity index (χ3v) is 6.57. The summed E-state index contributed by atoms with van der Waals surface area (Å²) in [5.41, 5.74) is 4.70. The molecule has 0 saturated heterocycles. The number of aryl methyl sites for hydroxylation is 1. The fraction of sp³-hybridized carbons (Fsp3) is 0.217.